The maximum atomic E-state index is 13.0. The summed E-state index contributed by atoms with van der Waals surface area (Å²) >= 11 is 4.09. The minimum Gasteiger partial charge on any atom is -0.493 e. The highest BCUT2D eigenvalue weighted by molar-refractivity contribution is 9.10. The third-order valence-corrected chi connectivity index (χ3v) is 6.44. The Hall–Kier alpha value is -3.63. The number of hydrogen-bond acceptors (Lipinski definition) is 7. The Labute approximate surface area is 206 Å². The molecular formula is C24H17BrN2O6S. The van der Waals surface area contributed by atoms with Gasteiger partial charge in [0, 0.05) is 0 Å². The second-order valence-electron chi connectivity index (χ2n) is 7.18. The number of fused-ring (bicyclic) bond motifs is 1. The van der Waals surface area contributed by atoms with E-state index in [2.05, 4.69) is 15.9 Å². The zero-order chi connectivity index (χ0) is 24.4. The van der Waals surface area contributed by atoms with Gasteiger partial charge in [0.1, 0.15) is 6.54 Å². The summed E-state index contributed by atoms with van der Waals surface area (Å²) < 4.78 is 11.5. The number of nitrogens with two attached hydrogens (primary N) is 1. The van der Waals surface area contributed by atoms with Crippen LogP contribution in [0.4, 0.5) is 4.79 Å². The van der Waals surface area contributed by atoms with Crippen LogP contribution in [0.5, 0.6) is 11.5 Å². The molecule has 172 valence electrons. The molecule has 3 aromatic rings. The quantitative estimate of drug-likeness (QED) is 0.280. The van der Waals surface area contributed by atoms with E-state index in [0.717, 1.165) is 15.7 Å². The van der Waals surface area contributed by atoms with Crippen molar-refractivity contribution in [2.24, 2.45) is 5.73 Å². The minimum absolute atomic E-state index is 0.126. The van der Waals surface area contributed by atoms with Crippen LogP contribution in [-0.2, 0) is 9.59 Å². The molecule has 1 aliphatic heterocycles. The van der Waals surface area contributed by atoms with Crippen LogP contribution in [0.3, 0.4) is 0 Å². The van der Waals surface area contributed by atoms with Crippen LogP contribution in [0, 0.1) is 0 Å². The number of amides is 3. The number of benzene rings is 3. The predicted octanol–water partition coefficient (Wildman–Crippen LogP) is 4.35. The summed E-state index contributed by atoms with van der Waals surface area (Å²) in [6.07, 6.45) is 1.48. The summed E-state index contributed by atoms with van der Waals surface area (Å²) in [7, 11) is 1.42. The molecule has 0 unspecified atom stereocenters. The van der Waals surface area contributed by atoms with Crippen molar-refractivity contribution in [3.63, 3.8) is 0 Å². The van der Waals surface area contributed by atoms with E-state index in [1.54, 1.807) is 24.3 Å². The van der Waals surface area contributed by atoms with Gasteiger partial charge in [-0.15, -0.1) is 0 Å². The van der Waals surface area contributed by atoms with E-state index in [9.17, 15) is 19.2 Å². The van der Waals surface area contributed by atoms with E-state index in [-0.39, 0.29) is 16.4 Å². The van der Waals surface area contributed by atoms with E-state index in [4.69, 9.17) is 15.2 Å². The van der Waals surface area contributed by atoms with Crippen molar-refractivity contribution in [1.82, 2.24) is 4.90 Å². The predicted molar refractivity (Wildman–Crippen MR) is 131 cm³/mol. The fraction of sp³-hybridized carbons (Fsp3) is 0.0833. The Kier molecular flexibility index (Phi) is 6.71. The Morgan fingerprint density at radius 3 is 2.59 bits per heavy atom. The van der Waals surface area contributed by atoms with Crippen LogP contribution >= 0.6 is 27.7 Å². The van der Waals surface area contributed by atoms with Crippen LogP contribution in [0.15, 0.2) is 64.0 Å². The van der Waals surface area contributed by atoms with Gasteiger partial charge in [-0.3, -0.25) is 19.3 Å². The molecule has 8 nitrogen and oxygen atoms in total. The molecule has 1 aliphatic rings. The summed E-state index contributed by atoms with van der Waals surface area (Å²) in [6, 6.07) is 16.0. The third-order valence-electron chi connectivity index (χ3n) is 4.94. The molecule has 0 aliphatic carbocycles. The number of imide groups is 1. The number of nitrogens with zero attached hydrogens (tertiary/aromatic N) is 1. The van der Waals surface area contributed by atoms with Crippen molar-refractivity contribution in [3.8, 4) is 11.5 Å². The third kappa shape index (κ3) is 4.68. The number of methoxy groups -OCH3 is 1. The minimum atomic E-state index is -0.787. The van der Waals surface area contributed by atoms with E-state index in [1.165, 1.54) is 13.2 Å². The number of carbonyl (C=O) groups excluding carboxylic acids is 4. The largest absolute Gasteiger partial charge is 0.493 e. The maximum Gasteiger partial charge on any atom is 0.344 e. The second-order valence-corrected chi connectivity index (χ2v) is 9.03. The van der Waals surface area contributed by atoms with Crippen LogP contribution < -0.4 is 15.2 Å². The van der Waals surface area contributed by atoms with Gasteiger partial charge in [0.15, 0.2) is 11.5 Å². The molecule has 1 heterocycles. The summed E-state index contributed by atoms with van der Waals surface area (Å²) in [6.45, 7) is -0.488. The lowest BCUT2D eigenvalue weighted by atomic mass is 10.0. The molecule has 0 saturated carbocycles. The monoisotopic (exact) mass is 540 g/mol. The zero-order valence-electron chi connectivity index (χ0n) is 17.7. The Balaban J connectivity index is 1.63. The van der Waals surface area contributed by atoms with Crippen molar-refractivity contribution < 1.29 is 28.7 Å². The molecule has 3 amide bonds. The Morgan fingerprint density at radius 1 is 1.12 bits per heavy atom. The summed E-state index contributed by atoms with van der Waals surface area (Å²) in [5.74, 6) is -1.55. The van der Waals surface area contributed by atoms with Gasteiger partial charge in [-0.1, -0.05) is 36.4 Å². The number of primary amides is 1. The highest BCUT2D eigenvalue weighted by Crippen LogP contribution is 2.39. The number of rotatable bonds is 6. The van der Waals surface area contributed by atoms with Gasteiger partial charge >= 0.3 is 5.97 Å². The number of ether oxygens (including phenoxy) is 2. The highest BCUT2D eigenvalue weighted by atomic mass is 79.9. The SMILES string of the molecule is COc1cc(/C=C2\SC(=O)N(CC(N)=O)C2=O)cc(Br)c1OC(=O)c1cccc2ccccc12. The van der Waals surface area contributed by atoms with Crippen LogP contribution in [0.1, 0.15) is 15.9 Å². The molecule has 2 N–H and O–H groups in total. The molecule has 0 atom stereocenters. The average Bonchev–Trinajstić information content (AvgIpc) is 3.06. The topological polar surface area (TPSA) is 116 Å². The lowest BCUT2D eigenvalue weighted by Gasteiger charge is -2.13. The van der Waals surface area contributed by atoms with Gasteiger partial charge in [-0.25, -0.2) is 4.79 Å². The molecule has 1 fully saturated rings. The summed E-state index contributed by atoms with van der Waals surface area (Å²) in [5, 5.41) is 1.08. The van der Waals surface area contributed by atoms with Crippen molar-refractivity contribution in [3.05, 3.63) is 75.1 Å². The molecule has 1 saturated heterocycles. The van der Waals surface area contributed by atoms with Crippen molar-refractivity contribution in [2.75, 3.05) is 13.7 Å². The molecule has 10 heteroatoms. The van der Waals surface area contributed by atoms with Crippen molar-refractivity contribution in [2.45, 2.75) is 0 Å². The standard InChI is InChI=1S/C24H17BrN2O6S/c1-32-18-10-13(11-19-22(29)27(12-20(26)28)24(31)34-19)9-17(25)21(18)33-23(30)16-8-4-6-14-5-2-3-7-15(14)16/h2-11H,12H2,1H3,(H2,26,28)/b19-11-. The molecular weight excluding hydrogens is 524 g/mol. The number of thioether (sulfide) groups is 1. The number of halogens is 1. The summed E-state index contributed by atoms with van der Waals surface area (Å²) in [4.78, 5) is 49.5. The first-order chi connectivity index (χ1) is 16.3. The molecule has 34 heavy (non-hydrogen) atoms. The van der Waals surface area contributed by atoms with E-state index in [1.807, 2.05) is 30.3 Å². The number of carbonyl (C=O) groups is 4. The van der Waals surface area contributed by atoms with Crippen LogP contribution in [-0.4, -0.2) is 41.6 Å². The summed E-state index contributed by atoms with van der Waals surface area (Å²) in [5.41, 5.74) is 6.02. The fourth-order valence-corrected chi connectivity index (χ4v) is 4.80. The van der Waals surface area contributed by atoms with E-state index < -0.39 is 29.6 Å². The van der Waals surface area contributed by atoms with Gasteiger partial charge in [-0.05, 0) is 68.3 Å². The van der Waals surface area contributed by atoms with E-state index >= 15 is 0 Å². The first-order valence-corrected chi connectivity index (χ1v) is 11.5. The van der Waals surface area contributed by atoms with Crippen molar-refractivity contribution in [1.29, 1.82) is 0 Å². The maximum absolute atomic E-state index is 13.0. The molecule has 4 rings (SSSR count). The van der Waals surface area contributed by atoms with Gasteiger partial charge in [-0.2, -0.15) is 0 Å². The van der Waals surface area contributed by atoms with E-state index in [0.29, 0.717) is 27.4 Å². The first kappa shape index (κ1) is 23.5. The zero-order valence-corrected chi connectivity index (χ0v) is 20.1. The van der Waals surface area contributed by atoms with Gasteiger partial charge < -0.3 is 15.2 Å². The van der Waals surface area contributed by atoms with Gasteiger partial charge in [0.25, 0.3) is 11.1 Å². The number of hydrogen-bond donors (Lipinski definition) is 1. The second kappa shape index (κ2) is 9.70. The highest BCUT2D eigenvalue weighted by Gasteiger charge is 2.36. The molecule has 0 aromatic heterocycles. The van der Waals surface area contributed by atoms with Crippen LogP contribution in [0.2, 0.25) is 0 Å². The number of esters is 1. The van der Waals surface area contributed by atoms with Gasteiger partial charge in [0.2, 0.25) is 5.91 Å². The van der Waals surface area contributed by atoms with Crippen molar-refractivity contribution >= 4 is 67.6 Å². The molecule has 0 bridgehead atoms. The molecule has 3 aromatic carbocycles. The smallest absolute Gasteiger partial charge is 0.344 e. The Morgan fingerprint density at radius 2 is 1.85 bits per heavy atom. The fourth-order valence-electron chi connectivity index (χ4n) is 3.42. The Bertz CT molecular complexity index is 1380. The first-order valence-electron chi connectivity index (χ1n) is 9.89. The average molecular weight is 541 g/mol. The lowest BCUT2D eigenvalue weighted by molar-refractivity contribution is -0.127. The molecule has 0 radical (unpaired) electrons. The lowest BCUT2D eigenvalue weighted by Crippen LogP contribution is -2.36. The normalized spacial score (nSPS) is 14.6. The molecule has 0 spiro atoms. The van der Waals surface area contributed by atoms with Gasteiger partial charge in [0.05, 0.1) is 22.1 Å². The van der Waals surface area contributed by atoms with Crippen LogP contribution in [0.25, 0.3) is 16.8 Å².